The van der Waals surface area contributed by atoms with Crippen LogP contribution in [0, 0.1) is 8.78 Å². The van der Waals surface area contributed by atoms with Gasteiger partial charge < -0.3 is 5.21 Å². The van der Waals surface area contributed by atoms with E-state index in [9.17, 15) is 5.21 Å². The lowest BCUT2D eigenvalue weighted by Crippen LogP contribution is -2.24. The van der Waals surface area contributed by atoms with Gasteiger partial charge >= 0.3 is 0 Å². The molecule has 1 aromatic rings. The van der Waals surface area contributed by atoms with Gasteiger partial charge in [0, 0.05) is 6.07 Å². The van der Waals surface area contributed by atoms with Gasteiger partial charge in [0.2, 0.25) is 0 Å². The molecule has 0 radical (unpaired) electrons. The molecule has 0 aliphatic carbocycles. The van der Waals surface area contributed by atoms with E-state index in [0.29, 0.717) is 0 Å². The maximum absolute atomic E-state index is 10.4. The number of halogens is 1. The van der Waals surface area contributed by atoms with Gasteiger partial charge in [0.25, 0.3) is 0 Å². The molecule has 0 aromatic carbocycles. The molecule has 0 fully saturated rings. The van der Waals surface area contributed by atoms with Crippen molar-refractivity contribution >= 4 is 22.6 Å². The van der Waals surface area contributed by atoms with E-state index >= 15 is 0 Å². The smallest absolute Gasteiger partial charge is 0.193 e. The summed E-state index contributed by atoms with van der Waals surface area (Å²) < 4.78 is 1.74. The lowest BCUT2D eigenvalue weighted by atomic mass is 10.5. The first-order valence-electron chi connectivity index (χ1n) is 2.13. The molecule has 0 amide bonds. The summed E-state index contributed by atoms with van der Waals surface area (Å²) in [4.78, 5) is 0. The minimum atomic E-state index is 0.780. The largest absolute Gasteiger partial charge is 0.619 e. The molecule has 1 aromatic heterocycles. The normalized spacial score (nSPS) is 9.12. The monoisotopic (exact) mass is 221 g/mol. The van der Waals surface area contributed by atoms with Crippen LogP contribution in [-0.4, -0.2) is 0 Å². The standard InChI is InChI=1S/C5H4INO/c6-5-2-1-3-7(8)4-5/h1-4H. The lowest BCUT2D eigenvalue weighted by Gasteiger charge is -1.91. The number of hydrogen-bond acceptors (Lipinski definition) is 1. The second-order valence-electron chi connectivity index (χ2n) is 1.38. The predicted molar refractivity (Wildman–Crippen MR) is 38.1 cm³/mol. The Balaban J connectivity index is 3.08. The van der Waals surface area contributed by atoms with Crippen molar-refractivity contribution in [3.05, 3.63) is 33.3 Å². The van der Waals surface area contributed by atoms with Gasteiger partial charge in [0.1, 0.15) is 0 Å². The third kappa shape index (κ3) is 1.33. The first-order chi connectivity index (χ1) is 3.79. The highest BCUT2D eigenvalue weighted by Gasteiger charge is 1.87. The van der Waals surface area contributed by atoms with E-state index in [0.717, 1.165) is 8.30 Å². The fraction of sp³-hybridized carbons (Fsp3) is 0. The summed E-state index contributed by atoms with van der Waals surface area (Å²) in [6.45, 7) is 0. The summed E-state index contributed by atoms with van der Waals surface area (Å²) in [5.74, 6) is 0. The second kappa shape index (κ2) is 2.30. The average Bonchev–Trinajstić information content (AvgIpc) is 1.64. The van der Waals surface area contributed by atoms with Gasteiger partial charge in [-0.2, -0.15) is 4.73 Å². The third-order valence-corrected chi connectivity index (χ3v) is 1.38. The van der Waals surface area contributed by atoms with Crippen molar-refractivity contribution in [3.63, 3.8) is 0 Å². The van der Waals surface area contributed by atoms with Gasteiger partial charge in [-0.1, -0.05) is 0 Å². The summed E-state index contributed by atoms with van der Waals surface area (Å²) >= 11 is 2.08. The van der Waals surface area contributed by atoms with Crippen LogP contribution < -0.4 is 4.73 Å². The Labute approximate surface area is 60.9 Å². The fourth-order valence-electron chi connectivity index (χ4n) is 0.427. The lowest BCUT2D eigenvalue weighted by molar-refractivity contribution is -0.606. The first-order valence-corrected chi connectivity index (χ1v) is 3.21. The molecule has 1 heterocycles. The minimum Gasteiger partial charge on any atom is -0.619 e. The summed E-state index contributed by atoms with van der Waals surface area (Å²) in [6, 6.07) is 3.59. The van der Waals surface area contributed by atoms with Crippen molar-refractivity contribution in [2.75, 3.05) is 0 Å². The van der Waals surface area contributed by atoms with Crippen molar-refractivity contribution in [2.24, 2.45) is 0 Å². The molecular weight excluding hydrogens is 217 g/mol. The van der Waals surface area contributed by atoms with E-state index < -0.39 is 0 Å². The molecule has 2 nitrogen and oxygen atoms in total. The Kier molecular flexibility index (Phi) is 1.67. The SMILES string of the molecule is [O-][n+]1cccc(I)c1. The van der Waals surface area contributed by atoms with Crippen LogP contribution in [0.25, 0.3) is 0 Å². The van der Waals surface area contributed by atoms with Crippen LogP contribution in [-0.2, 0) is 0 Å². The minimum absolute atomic E-state index is 0.780. The molecule has 1 rings (SSSR count). The van der Waals surface area contributed by atoms with Crippen LogP contribution in [0.3, 0.4) is 0 Å². The number of hydrogen-bond donors (Lipinski definition) is 0. The molecule has 0 aliphatic rings. The number of aromatic nitrogens is 1. The molecule has 0 atom stereocenters. The van der Waals surface area contributed by atoms with Crippen LogP contribution in [0.1, 0.15) is 0 Å². The van der Waals surface area contributed by atoms with Crippen LogP contribution in [0.5, 0.6) is 0 Å². The Morgan fingerprint density at radius 1 is 1.62 bits per heavy atom. The van der Waals surface area contributed by atoms with Gasteiger partial charge in [-0.3, -0.25) is 0 Å². The fourth-order valence-corrected chi connectivity index (χ4v) is 0.910. The van der Waals surface area contributed by atoms with Gasteiger partial charge in [-0.15, -0.1) is 0 Å². The van der Waals surface area contributed by atoms with Crippen LogP contribution >= 0.6 is 22.6 Å². The highest BCUT2D eigenvalue weighted by Crippen LogP contribution is 1.96. The van der Waals surface area contributed by atoms with Gasteiger partial charge in [0.05, 0.1) is 3.57 Å². The Bertz CT molecular complexity index is 172. The third-order valence-electron chi connectivity index (χ3n) is 0.739. The van der Waals surface area contributed by atoms with Crippen molar-refractivity contribution in [1.29, 1.82) is 0 Å². The maximum Gasteiger partial charge on any atom is 0.193 e. The molecule has 0 aliphatic heterocycles. The zero-order valence-electron chi connectivity index (χ0n) is 4.04. The maximum atomic E-state index is 10.4. The highest BCUT2D eigenvalue weighted by atomic mass is 127. The Morgan fingerprint density at radius 3 is 2.75 bits per heavy atom. The molecule has 0 saturated heterocycles. The molecular formula is C5H4INO. The van der Waals surface area contributed by atoms with E-state index in [-0.39, 0.29) is 0 Å². The van der Waals surface area contributed by atoms with Crippen LogP contribution in [0.4, 0.5) is 0 Å². The summed E-state index contributed by atoms with van der Waals surface area (Å²) in [6.07, 6.45) is 2.97. The molecule has 0 N–H and O–H groups in total. The van der Waals surface area contributed by atoms with Gasteiger partial charge in [0.15, 0.2) is 12.4 Å². The quantitative estimate of drug-likeness (QED) is 0.363. The van der Waals surface area contributed by atoms with Crippen LogP contribution in [0.15, 0.2) is 24.5 Å². The van der Waals surface area contributed by atoms with Gasteiger partial charge in [-0.05, 0) is 28.7 Å². The number of pyridine rings is 1. The number of nitrogens with zero attached hydrogens (tertiary/aromatic N) is 1. The topological polar surface area (TPSA) is 26.9 Å². The first kappa shape index (κ1) is 5.81. The summed E-state index contributed by atoms with van der Waals surface area (Å²) in [5, 5.41) is 10.4. The molecule has 8 heavy (non-hydrogen) atoms. The summed E-state index contributed by atoms with van der Waals surface area (Å²) in [7, 11) is 0. The number of rotatable bonds is 0. The molecule has 0 saturated carbocycles. The highest BCUT2D eigenvalue weighted by molar-refractivity contribution is 14.1. The Hall–Kier alpha value is -0.320. The van der Waals surface area contributed by atoms with E-state index in [2.05, 4.69) is 22.6 Å². The van der Waals surface area contributed by atoms with Crippen molar-refractivity contribution in [1.82, 2.24) is 0 Å². The Morgan fingerprint density at radius 2 is 2.38 bits per heavy atom. The van der Waals surface area contributed by atoms with E-state index in [1.807, 2.05) is 6.07 Å². The van der Waals surface area contributed by atoms with Gasteiger partial charge in [-0.25, -0.2) is 0 Å². The zero-order chi connectivity index (χ0) is 5.98. The molecule has 3 heteroatoms. The van der Waals surface area contributed by atoms with E-state index in [1.54, 1.807) is 6.07 Å². The summed E-state index contributed by atoms with van der Waals surface area (Å²) in [5.41, 5.74) is 0. The van der Waals surface area contributed by atoms with Crippen molar-refractivity contribution in [2.45, 2.75) is 0 Å². The molecule has 0 spiro atoms. The van der Waals surface area contributed by atoms with Crippen LogP contribution in [0.2, 0.25) is 0 Å². The molecule has 0 bridgehead atoms. The predicted octanol–water partition coefficient (Wildman–Crippen LogP) is 0.925. The second-order valence-corrected chi connectivity index (χ2v) is 2.63. The van der Waals surface area contributed by atoms with Crippen molar-refractivity contribution in [3.8, 4) is 0 Å². The molecule has 0 unspecified atom stereocenters. The van der Waals surface area contributed by atoms with Crippen molar-refractivity contribution < 1.29 is 4.73 Å². The molecule has 42 valence electrons. The average molecular weight is 221 g/mol. The van der Waals surface area contributed by atoms with E-state index in [1.165, 1.54) is 12.4 Å². The zero-order valence-corrected chi connectivity index (χ0v) is 6.20. The van der Waals surface area contributed by atoms with E-state index in [4.69, 9.17) is 0 Å².